The Kier molecular flexibility index (Phi) is 4.07. The average Bonchev–Trinajstić information content (AvgIpc) is 2.77. The van der Waals surface area contributed by atoms with Gasteiger partial charge in [0.05, 0.1) is 0 Å². The summed E-state index contributed by atoms with van der Waals surface area (Å²) in [6, 6.07) is 9.54. The number of para-hydroxylation sites is 1. The number of aromatic carboxylic acids is 1. The van der Waals surface area contributed by atoms with Crippen molar-refractivity contribution < 1.29 is 19.1 Å². The van der Waals surface area contributed by atoms with Crippen molar-refractivity contribution in [2.24, 2.45) is 0 Å². The predicted molar refractivity (Wildman–Crippen MR) is 79.9 cm³/mol. The van der Waals surface area contributed by atoms with E-state index in [0.717, 1.165) is 11.3 Å². The Balaban J connectivity index is 2.18. The first-order valence-corrected chi connectivity index (χ1v) is 6.84. The minimum absolute atomic E-state index is 0.0259. The van der Waals surface area contributed by atoms with Crippen LogP contribution in [0.3, 0.4) is 0 Å². The largest absolute Gasteiger partial charge is 0.485 e. The lowest BCUT2D eigenvalue weighted by molar-refractivity contribution is 0.0657. The van der Waals surface area contributed by atoms with Crippen LogP contribution in [-0.2, 0) is 12.0 Å². The molecule has 1 aromatic carbocycles. The van der Waals surface area contributed by atoms with Crippen LogP contribution >= 0.6 is 0 Å². The molecule has 1 heterocycles. The smallest absolute Gasteiger partial charge is 0.372 e. The van der Waals surface area contributed by atoms with Crippen LogP contribution in [0.25, 0.3) is 0 Å². The van der Waals surface area contributed by atoms with E-state index in [9.17, 15) is 4.79 Å². The maximum Gasteiger partial charge on any atom is 0.372 e. The van der Waals surface area contributed by atoms with Gasteiger partial charge < -0.3 is 14.3 Å². The summed E-state index contributed by atoms with van der Waals surface area (Å²) < 4.78 is 11.1. The number of hydrogen-bond donors (Lipinski definition) is 1. The lowest BCUT2D eigenvalue weighted by Crippen LogP contribution is -2.13. The minimum Gasteiger partial charge on any atom is -0.485 e. The standard InChI is InChI=1S/C17H20O4/c1-11-9-12(21-15(11)16(18)19)10-20-14-8-6-5-7-13(14)17(2,3)4/h5-9H,10H2,1-4H3,(H,18,19). The van der Waals surface area contributed by atoms with E-state index in [2.05, 4.69) is 20.8 Å². The quantitative estimate of drug-likeness (QED) is 0.917. The Morgan fingerprint density at radius 1 is 1.29 bits per heavy atom. The molecule has 0 aliphatic rings. The molecule has 0 atom stereocenters. The molecular formula is C17H20O4. The van der Waals surface area contributed by atoms with Crippen LogP contribution in [0, 0.1) is 6.92 Å². The second-order valence-corrected chi connectivity index (χ2v) is 6.06. The second-order valence-electron chi connectivity index (χ2n) is 6.06. The molecule has 0 radical (unpaired) electrons. The van der Waals surface area contributed by atoms with Crippen molar-refractivity contribution in [1.82, 2.24) is 0 Å². The molecule has 1 aromatic heterocycles. The van der Waals surface area contributed by atoms with E-state index in [1.54, 1.807) is 13.0 Å². The molecule has 0 bridgehead atoms. The fourth-order valence-corrected chi connectivity index (χ4v) is 2.19. The van der Waals surface area contributed by atoms with Crippen LogP contribution in [0.1, 0.15) is 48.2 Å². The Bertz CT molecular complexity index is 647. The molecular weight excluding hydrogens is 268 g/mol. The lowest BCUT2D eigenvalue weighted by Gasteiger charge is -2.22. The van der Waals surface area contributed by atoms with E-state index < -0.39 is 5.97 Å². The van der Waals surface area contributed by atoms with Crippen LogP contribution in [0.5, 0.6) is 5.75 Å². The zero-order chi connectivity index (χ0) is 15.6. The molecule has 0 amide bonds. The van der Waals surface area contributed by atoms with Crippen molar-refractivity contribution in [3.05, 3.63) is 53.0 Å². The van der Waals surface area contributed by atoms with E-state index >= 15 is 0 Å². The summed E-state index contributed by atoms with van der Waals surface area (Å²) in [7, 11) is 0. The van der Waals surface area contributed by atoms with Gasteiger partial charge in [-0.05, 0) is 30.0 Å². The summed E-state index contributed by atoms with van der Waals surface area (Å²) in [5.74, 6) is 0.205. The number of rotatable bonds is 4. The number of aryl methyl sites for hydroxylation is 1. The highest BCUT2D eigenvalue weighted by molar-refractivity contribution is 5.86. The summed E-state index contributed by atoms with van der Waals surface area (Å²) in [4.78, 5) is 11.0. The van der Waals surface area contributed by atoms with Crippen LogP contribution < -0.4 is 4.74 Å². The molecule has 1 N–H and O–H groups in total. The molecule has 0 unspecified atom stereocenters. The maximum absolute atomic E-state index is 11.0. The van der Waals surface area contributed by atoms with E-state index in [4.69, 9.17) is 14.3 Å². The number of furan rings is 1. The number of hydrogen-bond acceptors (Lipinski definition) is 3. The highest BCUT2D eigenvalue weighted by Gasteiger charge is 2.19. The van der Waals surface area contributed by atoms with Crippen LogP contribution in [-0.4, -0.2) is 11.1 Å². The number of carboxylic acids is 1. The van der Waals surface area contributed by atoms with Gasteiger partial charge in [0.15, 0.2) is 0 Å². The van der Waals surface area contributed by atoms with Crippen LogP contribution in [0.2, 0.25) is 0 Å². The Labute approximate surface area is 124 Å². The fourth-order valence-electron chi connectivity index (χ4n) is 2.19. The van der Waals surface area contributed by atoms with Crippen molar-refractivity contribution >= 4 is 5.97 Å². The number of carbonyl (C=O) groups is 1. The summed E-state index contributed by atoms with van der Waals surface area (Å²) in [5, 5.41) is 8.98. The van der Waals surface area contributed by atoms with Crippen molar-refractivity contribution in [1.29, 1.82) is 0 Å². The molecule has 2 rings (SSSR count). The molecule has 0 aliphatic carbocycles. The molecule has 0 saturated heterocycles. The first-order valence-electron chi connectivity index (χ1n) is 6.84. The first kappa shape index (κ1) is 15.2. The normalized spacial score (nSPS) is 11.4. The Hall–Kier alpha value is -2.23. The van der Waals surface area contributed by atoms with Crippen molar-refractivity contribution in [3.63, 3.8) is 0 Å². The highest BCUT2D eigenvalue weighted by Crippen LogP contribution is 2.31. The third-order valence-corrected chi connectivity index (χ3v) is 3.23. The number of benzene rings is 1. The van der Waals surface area contributed by atoms with E-state index in [0.29, 0.717) is 11.3 Å². The molecule has 4 heteroatoms. The first-order chi connectivity index (χ1) is 9.79. The van der Waals surface area contributed by atoms with Gasteiger partial charge in [-0.25, -0.2) is 4.79 Å². The van der Waals surface area contributed by atoms with Gasteiger partial charge in [-0.15, -0.1) is 0 Å². The van der Waals surface area contributed by atoms with Crippen molar-refractivity contribution in [2.75, 3.05) is 0 Å². The topological polar surface area (TPSA) is 59.7 Å². The molecule has 0 fully saturated rings. The summed E-state index contributed by atoms with van der Waals surface area (Å²) in [6.45, 7) is 8.28. The molecule has 4 nitrogen and oxygen atoms in total. The monoisotopic (exact) mass is 288 g/mol. The van der Waals surface area contributed by atoms with E-state index in [1.165, 1.54) is 0 Å². The molecule has 0 saturated carbocycles. The summed E-state index contributed by atoms with van der Waals surface area (Å²) >= 11 is 0. The Morgan fingerprint density at radius 2 is 1.95 bits per heavy atom. The SMILES string of the molecule is Cc1cc(COc2ccccc2C(C)(C)C)oc1C(=O)O. The van der Waals surface area contributed by atoms with E-state index in [-0.39, 0.29) is 17.8 Å². The molecule has 2 aromatic rings. The molecule has 0 aliphatic heterocycles. The van der Waals surface area contributed by atoms with Gasteiger partial charge in [0, 0.05) is 5.56 Å². The Morgan fingerprint density at radius 3 is 2.52 bits per heavy atom. The lowest BCUT2D eigenvalue weighted by atomic mass is 9.86. The van der Waals surface area contributed by atoms with Gasteiger partial charge in [0.1, 0.15) is 18.1 Å². The second kappa shape index (κ2) is 5.64. The van der Waals surface area contributed by atoms with Crippen molar-refractivity contribution in [2.45, 2.75) is 39.7 Å². The third kappa shape index (κ3) is 3.45. The zero-order valence-electron chi connectivity index (χ0n) is 12.8. The zero-order valence-corrected chi connectivity index (χ0v) is 12.8. The van der Waals surface area contributed by atoms with Gasteiger partial charge in [-0.1, -0.05) is 39.0 Å². The highest BCUT2D eigenvalue weighted by atomic mass is 16.5. The van der Waals surface area contributed by atoms with Gasteiger partial charge in [-0.3, -0.25) is 0 Å². The average molecular weight is 288 g/mol. The summed E-state index contributed by atoms with van der Waals surface area (Å²) in [6.07, 6.45) is 0. The summed E-state index contributed by atoms with van der Waals surface area (Å²) in [5.41, 5.74) is 1.68. The fraction of sp³-hybridized carbons (Fsp3) is 0.353. The van der Waals surface area contributed by atoms with Gasteiger partial charge >= 0.3 is 5.97 Å². The van der Waals surface area contributed by atoms with Gasteiger partial charge in [0.25, 0.3) is 0 Å². The van der Waals surface area contributed by atoms with Crippen LogP contribution in [0.4, 0.5) is 0 Å². The maximum atomic E-state index is 11.0. The van der Waals surface area contributed by atoms with Gasteiger partial charge in [0.2, 0.25) is 5.76 Å². The van der Waals surface area contributed by atoms with E-state index in [1.807, 2.05) is 24.3 Å². The molecule has 21 heavy (non-hydrogen) atoms. The molecule has 112 valence electrons. The van der Waals surface area contributed by atoms with Gasteiger partial charge in [-0.2, -0.15) is 0 Å². The minimum atomic E-state index is -1.06. The van der Waals surface area contributed by atoms with Crippen molar-refractivity contribution in [3.8, 4) is 5.75 Å². The predicted octanol–water partition coefficient (Wildman–Crippen LogP) is 4.16. The number of ether oxygens (including phenoxy) is 1. The third-order valence-electron chi connectivity index (χ3n) is 3.23. The number of carboxylic acid groups (broad SMARTS) is 1. The molecule has 0 spiro atoms. The van der Waals surface area contributed by atoms with Crippen LogP contribution in [0.15, 0.2) is 34.7 Å².